The highest BCUT2D eigenvalue weighted by molar-refractivity contribution is 9.09. The summed E-state index contributed by atoms with van der Waals surface area (Å²) in [7, 11) is 0. The topological polar surface area (TPSA) is 20.3 Å². The predicted molar refractivity (Wildman–Crippen MR) is 73.4 cm³/mol. The summed E-state index contributed by atoms with van der Waals surface area (Å²) in [5.74, 6) is -4.64. The van der Waals surface area contributed by atoms with Crippen LogP contribution < -0.4 is 0 Å². The number of carbonyl (C=O) groups excluding carboxylic acids is 1. The molecule has 0 aromatic heterocycles. The fraction of sp³-hybridized carbons (Fsp3) is 0.500. The van der Waals surface area contributed by atoms with Gasteiger partial charge in [0, 0.05) is 23.5 Å². The first kappa shape index (κ1) is 15.4. The Morgan fingerprint density at radius 3 is 2.50 bits per heavy atom. The average Bonchev–Trinajstić information content (AvgIpc) is 2.44. The minimum Gasteiger partial charge on any atom is -0.336 e. The molecule has 0 bridgehead atoms. The Kier molecular flexibility index (Phi) is 5.07. The third-order valence-corrected chi connectivity index (χ3v) is 4.02. The van der Waals surface area contributed by atoms with Crippen LogP contribution in [0, 0.1) is 17.5 Å². The summed E-state index contributed by atoms with van der Waals surface area (Å²) in [5, 5.41) is 0.758. The van der Waals surface area contributed by atoms with Crippen molar-refractivity contribution >= 4 is 21.8 Å². The van der Waals surface area contributed by atoms with Gasteiger partial charge in [0.1, 0.15) is 0 Å². The second-order valence-electron chi connectivity index (χ2n) is 4.88. The van der Waals surface area contributed by atoms with Crippen LogP contribution in [0.1, 0.15) is 36.0 Å². The van der Waals surface area contributed by atoms with Crippen LogP contribution in [0.15, 0.2) is 12.1 Å². The number of rotatable bonds is 3. The van der Waals surface area contributed by atoms with Crippen LogP contribution >= 0.6 is 15.9 Å². The van der Waals surface area contributed by atoms with Gasteiger partial charge in [-0.2, -0.15) is 0 Å². The Morgan fingerprint density at radius 2 is 1.90 bits per heavy atom. The Labute approximate surface area is 124 Å². The van der Waals surface area contributed by atoms with E-state index in [1.165, 1.54) is 0 Å². The van der Waals surface area contributed by atoms with Gasteiger partial charge in [-0.1, -0.05) is 15.9 Å². The highest BCUT2D eigenvalue weighted by Gasteiger charge is 2.28. The van der Waals surface area contributed by atoms with Gasteiger partial charge in [0.05, 0.1) is 0 Å². The number of piperidine rings is 1. The summed E-state index contributed by atoms with van der Waals surface area (Å²) in [6.07, 6.45) is 3.58. The van der Waals surface area contributed by atoms with Gasteiger partial charge in [0.2, 0.25) is 0 Å². The number of likely N-dealkylation sites (tertiary alicyclic amines) is 1. The molecule has 1 aliphatic heterocycles. The van der Waals surface area contributed by atoms with Crippen LogP contribution in [0.25, 0.3) is 0 Å². The average molecular weight is 350 g/mol. The third-order valence-electron chi connectivity index (χ3n) is 3.56. The van der Waals surface area contributed by atoms with Gasteiger partial charge in [-0.05, 0) is 37.8 Å². The number of nitrogens with zero attached hydrogens (tertiary/aromatic N) is 1. The highest BCUT2D eigenvalue weighted by Crippen LogP contribution is 2.24. The standard InChI is InChI=1S/C14H15BrF3NO/c15-5-4-10-3-1-2-6-19(10)14(20)9-7-11(16)13(18)12(17)8-9/h7-8,10H,1-6H2. The molecule has 0 aliphatic carbocycles. The molecule has 1 amide bonds. The third kappa shape index (κ3) is 3.16. The molecule has 0 radical (unpaired) electrons. The predicted octanol–water partition coefficient (Wildman–Crippen LogP) is 3.88. The Bertz CT molecular complexity index is 484. The zero-order valence-corrected chi connectivity index (χ0v) is 12.4. The molecule has 20 heavy (non-hydrogen) atoms. The van der Waals surface area contributed by atoms with Crippen molar-refractivity contribution in [3.8, 4) is 0 Å². The van der Waals surface area contributed by atoms with Crippen LogP contribution in [-0.4, -0.2) is 28.7 Å². The fourth-order valence-electron chi connectivity index (χ4n) is 2.54. The lowest BCUT2D eigenvalue weighted by atomic mass is 9.99. The molecular formula is C14H15BrF3NO. The summed E-state index contributed by atoms with van der Waals surface area (Å²) in [6, 6.07) is 1.59. The first-order valence-electron chi connectivity index (χ1n) is 6.56. The van der Waals surface area contributed by atoms with Crippen LogP contribution in [0.2, 0.25) is 0 Å². The van der Waals surface area contributed by atoms with Crippen LogP contribution in [0.3, 0.4) is 0 Å². The van der Waals surface area contributed by atoms with Crippen molar-refractivity contribution in [1.29, 1.82) is 0 Å². The smallest absolute Gasteiger partial charge is 0.254 e. The molecule has 0 spiro atoms. The minimum atomic E-state index is -1.54. The van der Waals surface area contributed by atoms with Crippen molar-refractivity contribution in [2.75, 3.05) is 11.9 Å². The Morgan fingerprint density at radius 1 is 1.25 bits per heavy atom. The van der Waals surface area contributed by atoms with E-state index in [2.05, 4.69) is 15.9 Å². The summed E-state index contributed by atoms with van der Waals surface area (Å²) in [4.78, 5) is 14.0. The monoisotopic (exact) mass is 349 g/mol. The molecule has 1 saturated heterocycles. The van der Waals surface area contributed by atoms with Crippen molar-refractivity contribution in [1.82, 2.24) is 4.90 Å². The molecule has 2 nitrogen and oxygen atoms in total. The Hall–Kier alpha value is -1.04. The number of amides is 1. The lowest BCUT2D eigenvalue weighted by Crippen LogP contribution is -2.44. The molecule has 1 aromatic carbocycles. The molecule has 0 saturated carbocycles. The maximum Gasteiger partial charge on any atom is 0.254 e. The van der Waals surface area contributed by atoms with E-state index < -0.39 is 23.4 Å². The highest BCUT2D eigenvalue weighted by atomic mass is 79.9. The zero-order valence-electron chi connectivity index (χ0n) is 10.8. The number of hydrogen-bond donors (Lipinski definition) is 0. The fourth-order valence-corrected chi connectivity index (χ4v) is 3.07. The van der Waals surface area contributed by atoms with Crippen molar-refractivity contribution in [3.05, 3.63) is 35.1 Å². The molecule has 1 unspecified atom stereocenters. The number of hydrogen-bond acceptors (Lipinski definition) is 1. The van der Waals surface area contributed by atoms with E-state index in [9.17, 15) is 18.0 Å². The maximum absolute atomic E-state index is 13.2. The van der Waals surface area contributed by atoms with Gasteiger partial charge in [-0.25, -0.2) is 13.2 Å². The molecule has 0 N–H and O–H groups in total. The molecule has 6 heteroatoms. The summed E-state index contributed by atoms with van der Waals surface area (Å²) >= 11 is 3.34. The normalized spacial score (nSPS) is 19.2. The number of alkyl halides is 1. The van der Waals surface area contributed by atoms with E-state index in [-0.39, 0.29) is 11.6 Å². The largest absolute Gasteiger partial charge is 0.336 e. The molecule has 110 valence electrons. The van der Waals surface area contributed by atoms with E-state index in [0.29, 0.717) is 6.54 Å². The van der Waals surface area contributed by atoms with Gasteiger partial charge in [0.25, 0.3) is 5.91 Å². The van der Waals surface area contributed by atoms with Gasteiger partial charge in [0.15, 0.2) is 17.5 Å². The summed E-state index contributed by atoms with van der Waals surface area (Å²) in [5.41, 5.74) is -0.136. The van der Waals surface area contributed by atoms with E-state index in [0.717, 1.165) is 43.1 Å². The summed E-state index contributed by atoms with van der Waals surface area (Å²) < 4.78 is 39.4. The quantitative estimate of drug-likeness (QED) is 0.598. The SMILES string of the molecule is O=C(c1cc(F)c(F)c(F)c1)N1CCCCC1CCBr. The van der Waals surface area contributed by atoms with Crippen molar-refractivity contribution in [2.45, 2.75) is 31.7 Å². The Balaban J connectivity index is 2.25. The van der Waals surface area contributed by atoms with Gasteiger partial charge >= 0.3 is 0 Å². The van der Waals surface area contributed by atoms with Crippen LogP contribution in [-0.2, 0) is 0 Å². The van der Waals surface area contributed by atoms with E-state index >= 15 is 0 Å². The summed E-state index contributed by atoms with van der Waals surface area (Å²) in [6.45, 7) is 0.567. The molecule has 2 rings (SSSR count). The number of carbonyl (C=O) groups is 1. The van der Waals surface area contributed by atoms with E-state index in [1.807, 2.05) is 0 Å². The first-order chi connectivity index (χ1) is 9.54. The van der Waals surface area contributed by atoms with E-state index in [4.69, 9.17) is 0 Å². The van der Waals surface area contributed by atoms with Gasteiger partial charge in [-0.15, -0.1) is 0 Å². The van der Waals surface area contributed by atoms with Gasteiger partial charge in [-0.3, -0.25) is 4.79 Å². The molecule has 1 aromatic rings. The van der Waals surface area contributed by atoms with Crippen molar-refractivity contribution in [2.24, 2.45) is 0 Å². The van der Waals surface area contributed by atoms with Crippen molar-refractivity contribution in [3.63, 3.8) is 0 Å². The molecule has 1 aliphatic rings. The van der Waals surface area contributed by atoms with E-state index in [1.54, 1.807) is 4.90 Å². The second-order valence-corrected chi connectivity index (χ2v) is 5.67. The van der Waals surface area contributed by atoms with Crippen LogP contribution in [0.5, 0.6) is 0 Å². The minimum absolute atomic E-state index is 0.0619. The molecule has 1 atom stereocenters. The maximum atomic E-state index is 13.2. The molecule has 1 fully saturated rings. The number of benzene rings is 1. The number of halogens is 4. The first-order valence-corrected chi connectivity index (χ1v) is 7.68. The zero-order chi connectivity index (χ0) is 14.7. The lowest BCUT2D eigenvalue weighted by Gasteiger charge is -2.35. The second kappa shape index (κ2) is 6.61. The van der Waals surface area contributed by atoms with Gasteiger partial charge < -0.3 is 4.90 Å². The van der Waals surface area contributed by atoms with Crippen LogP contribution in [0.4, 0.5) is 13.2 Å². The lowest BCUT2D eigenvalue weighted by molar-refractivity contribution is 0.0608. The molecule has 1 heterocycles. The van der Waals surface area contributed by atoms with Crippen molar-refractivity contribution < 1.29 is 18.0 Å². The molecular weight excluding hydrogens is 335 g/mol.